The number of hydrogen-bond donors (Lipinski definition) is 1. The van der Waals surface area contributed by atoms with Crippen molar-refractivity contribution in [3.05, 3.63) is 53.6 Å². The molecule has 0 spiro atoms. The van der Waals surface area contributed by atoms with Crippen LogP contribution in [0.1, 0.15) is 28.7 Å². The molecule has 3 rings (SSSR count). The first-order chi connectivity index (χ1) is 10.7. The van der Waals surface area contributed by atoms with Gasteiger partial charge in [-0.05, 0) is 18.1 Å². The molecule has 1 unspecified atom stereocenters. The van der Waals surface area contributed by atoms with Gasteiger partial charge in [-0.15, -0.1) is 0 Å². The average Bonchev–Trinajstić information content (AvgIpc) is 3.07. The summed E-state index contributed by atoms with van der Waals surface area (Å²) < 4.78 is 5.13. The van der Waals surface area contributed by atoms with Crippen LogP contribution in [0.3, 0.4) is 0 Å². The van der Waals surface area contributed by atoms with Gasteiger partial charge in [0.2, 0.25) is 0 Å². The van der Waals surface area contributed by atoms with Crippen LogP contribution < -0.4 is 0 Å². The molecule has 6 heteroatoms. The number of ether oxygens (including phenoxy) is 1. The van der Waals surface area contributed by atoms with Crippen LogP contribution in [0.25, 0.3) is 0 Å². The molecule has 2 aromatic rings. The number of nitrogens with one attached hydrogen (secondary N) is 1. The zero-order valence-electron chi connectivity index (χ0n) is 12.3. The fraction of sp³-hybridized carbons (Fsp3) is 0.312. The summed E-state index contributed by atoms with van der Waals surface area (Å²) in [6, 6.07) is 7.20. The minimum Gasteiger partial charge on any atom is -0.464 e. The van der Waals surface area contributed by atoms with E-state index in [0.717, 1.165) is 11.1 Å². The number of rotatable bonds is 3. The van der Waals surface area contributed by atoms with Crippen molar-refractivity contribution in [3.63, 3.8) is 0 Å². The minimum atomic E-state index is -0.618. The highest BCUT2D eigenvalue weighted by atomic mass is 16.5. The molecule has 0 bridgehead atoms. The molecule has 1 amide bonds. The smallest absolute Gasteiger partial charge is 0.329 e. The second-order valence-corrected chi connectivity index (χ2v) is 5.11. The highest BCUT2D eigenvalue weighted by Crippen LogP contribution is 2.25. The Morgan fingerprint density at radius 2 is 2.14 bits per heavy atom. The molecule has 0 radical (unpaired) electrons. The van der Waals surface area contributed by atoms with Gasteiger partial charge in [-0.2, -0.15) is 0 Å². The summed E-state index contributed by atoms with van der Waals surface area (Å²) in [5.41, 5.74) is 2.12. The molecule has 1 aromatic carbocycles. The first-order valence-electron chi connectivity index (χ1n) is 7.24. The molecular weight excluding hydrogens is 282 g/mol. The van der Waals surface area contributed by atoms with E-state index in [1.54, 1.807) is 13.1 Å². The zero-order chi connectivity index (χ0) is 15.5. The number of carbonyl (C=O) groups excluding carboxylic acids is 2. The largest absolute Gasteiger partial charge is 0.464 e. The van der Waals surface area contributed by atoms with Crippen LogP contribution in [0, 0.1) is 0 Å². The second kappa shape index (κ2) is 6.01. The number of nitrogens with zero attached hydrogens (tertiary/aromatic N) is 2. The lowest BCUT2D eigenvalue weighted by Gasteiger charge is -2.34. The van der Waals surface area contributed by atoms with Crippen molar-refractivity contribution in [2.75, 3.05) is 6.61 Å². The van der Waals surface area contributed by atoms with Gasteiger partial charge >= 0.3 is 5.97 Å². The molecule has 0 saturated heterocycles. The van der Waals surface area contributed by atoms with Gasteiger partial charge in [0.15, 0.2) is 5.82 Å². The topological polar surface area (TPSA) is 75.3 Å². The van der Waals surface area contributed by atoms with E-state index in [-0.39, 0.29) is 17.7 Å². The lowest BCUT2D eigenvalue weighted by atomic mass is 9.94. The third kappa shape index (κ3) is 2.59. The van der Waals surface area contributed by atoms with E-state index in [9.17, 15) is 9.59 Å². The van der Waals surface area contributed by atoms with E-state index in [4.69, 9.17) is 4.74 Å². The molecule has 1 aromatic heterocycles. The normalized spacial score (nSPS) is 17.0. The summed E-state index contributed by atoms with van der Waals surface area (Å²) in [5.74, 6) is -0.442. The summed E-state index contributed by atoms with van der Waals surface area (Å²) >= 11 is 0. The third-order valence-electron chi connectivity index (χ3n) is 3.77. The van der Waals surface area contributed by atoms with Crippen LogP contribution in [0.4, 0.5) is 0 Å². The van der Waals surface area contributed by atoms with Gasteiger partial charge in [-0.25, -0.2) is 9.78 Å². The maximum absolute atomic E-state index is 12.6. The predicted octanol–water partition coefficient (Wildman–Crippen LogP) is 1.54. The quantitative estimate of drug-likeness (QED) is 0.872. The van der Waals surface area contributed by atoms with E-state index in [1.807, 2.05) is 24.3 Å². The molecule has 6 nitrogen and oxygen atoms in total. The number of carbonyl (C=O) groups is 2. The van der Waals surface area contributed by atoms with Gasteiger partial charge in [-0.3, -0.25) is 4.79 Å². The van der Waals surface area contributed by atoms with Gasteiger partial charge in [-0.1, -0.05) is 24.3 Å². The number of imidazole rings is 1. The van der Waals surface area contributed by atoms with Crippen molar-refractivity contribution in [2.24, 2.45) is 0 Å². The molecule has 2 heterocycles. The number of fused-ring (bicyclic) bond motifs is 1. The Hall–Kier alpha value is -2.63. The van der Waals surface area contributed by atoms with Gasteiger partial charge in [0.05, 0.1) is 6.61 Å². The summed E-state index contributed by atoms with van der Waals surface area (Å²) in [7, 11) is 0. The number of aromatic amines is 1. The Labute approximate surface area is 128 Å². The molecule has 1 aliphatic rings. The SMILES string of the molecule is CCOC(=O)C1Cc2ccccc2CN1C(=O)c1ncc[nH]1. The lowest BCUT2D eigenvalue weighted by Crippen LogP contribution is -2.49. The Morgan fingerprint density at radius 1 is 1.36 bits per heavy atom. The Morgan fingerprint density at radius 3 is 2.82 bits per heavy atom. The fourth-order valence-corrected chi connectivity index (χ4v) is 2.70. The average molecular weight is 299 g/mol. The Bertz CT molecular complexity index is 682. The highest BCUT2D eigenvalue weighted by molar-refractivity contribution is 5.94. The van der Waals surface area contributed by atoms with E-state index in [1.165, 1.54) is 11.1 Å². The van der Waals surface area contributed by atoms with Crippen LogP contribution in [0.15, 0.2) is 36.7 Å². The lowest BCUT2D eigenvalue weighted by molar-refractivity contribution is -0.149. The summed E-state index contributed by atoms with van der Waals surface area (Å²) in [6.07, 6.45) is 3.57. The van der Waals surface area contributed by atoms with E-state index in [0.29, 0.717) is 19.6 Å². The fourth-order valence-electron chi connectivity index (χ4n) is 2.70. The first-order valence-corrected chi connectivity index (χ1v) is 7.24. The van der Waals surface area contributed by atoms with Gasteiger partial charge < -0.3 is 14.6 Å². The zero-order valence-corrected chi connectivity index (χ0v) is 12.3. The van der Waals surface area contributed by atoms with Crippen molar-refractivity contribution >= 4 is 11.9 Å². The molecule has 0 fully saturated rings. The summed E-state index contributed by atoms with van der Waals surface area (Å²) in [4.78, 5) is 33.2. The van der Waals surface area contributed by atoms with E-state index >= 15 is 0 Å². The molecule has 1 atom stereocenters. The number of benzene rings is 1. The summed E-state index contributed by atoms with van der Waals surface area (Å²) in [6.45, 7) is 2.42. The van der Waals surface area contributed by atoms with Crippen LogP contribution in [0.2, 0.25) is 0 Å². The number of aromatic nitrogens is 2. The number of esters is 1. The van der Waals surface area contributed by atoms with Crippen molar-refractivity contribution in [1.29, 1.82) is 0 Å². The Kier molecular flexibility index (Phi) is 3.91. The standard InChI is InChI=1S/C16H17N3O3/c1-2-22-16(21)13-9-11-5-3-4-6-12(11)10-19(13)15(20)14-17-7-8-18-14/h3-8,13H,2,9-10H2,1H3,(H,17,18). The van der Waals surface area contributed by atoms with Gasteiger partial charge in [0.1, 0.15) is 6.04 Å². The molecule has 0 aliphatic carbocycles. The Balaban J connectivity index is 1.94. The monoisotopic (exact) mass is 299 g/mol. The van der Waals surface area contributed by atoms with Crippen LogP contribution >= 0.6 is 0 Å². The summed E-state index contributed by atoms with van der Waals surface area (Å²) in [5, 5.41) is 0. The van der Waals surface area contributed by atoms with Crippen molar-refractivity contribution in [3.8, 4) is 0 Å². The van der Waals surface area contributed by atoms with Gasteiger partial charge in [0.25, 0.3) is 5.91 Å². The first kappa shape index (κ1) is 14.3. The maximum Gasteiger partial charge on any atom is 0.329 e. The maximum atomic E-state index is 12.6. The van der Waals surface area contributed by atoms with Crippen LogP contribution in [-0.4, -0.2) is 39.4 Å². The molecule has 0 saturated carbocycles. The molecule has 22 heavy (non-hydrogen) atoms. The van der Waals surface area contributed by atoms with Crippen molar-refractivity contribution in [1.82, 2.24) is 14.9 Å². The number of H-pyrrole nitrogens is 1. The van der Waals surface area contributed by atoms with Crippen molar-refractivity contribution < 1.29 is 14.3 Å². The van der Waals surface area contributed by atoms with Gasteiger partial charge in [0, 0.05) is 25.4 Å². The number of amides is 1. The molecule has 1 N–H and O–H groups in total. The second-order valence-electron chi connectivity index (χ2n) is 5.11. The van der Waals surface area contributed by atoms with Crippen LogP contribution in [-0.2, 0) is 22.5 Å². The van der Waals surface area contributed by atoms with E-state index in [2.05, 4.69) is 9.97 Å². The van der Waals surface area contributed by atoms with Crippen LogP contribution in [0.5, 0.6) is 0 Å². The number of hydrogen-bond acceptors (Lipinski definition) is 4. The molecule has 114 valence electrons. The molecular formula is C16H17N3O3. The highest BCUT2D eigenvalue weighted by Gasteiger charge is 2.36. The predicted molar refractivity (Wildman–Crippen MR) is 79.0 cm³/mol. The van der Waals surface area contributed by atoms with E-state index < -0.39 is 6.04 Å². The third-order valence-corrected chi connectivity index (χ3v) is 3.77. The minimum absolute atomic E-state index is 0.230. The van der Waals surface area contributed by atoms with Crippen molar-refractivity contribution in [2.45, 2.75) is 25.9 Å². The molecule has 1 aliphatic heterocycles.